The van der Waals surface area contributed by atoms with Gasteiger partial charge in [0.25, 0.3) is 0 Å². The molecule has 11 heteroatoms. The molecular formula is C42H48N3O6PSi. The number of hydrogen-bond acceptors (Lipinski definition) is 6. The number of carbonyl (C=O) groups is 4. The van der Waals surface area contributed by atoms with Crippen LogP contribution in [0.3, 0.4) is 0 Å². The highest BCUT2D eigenvalue weighted by molar-refractivity contribution is 7.96. The molecule has 0 aliphatic carbocycles. The van der Waals surface area contributed by atoms with Gasteiger partial charge in [-0.25, -0.2) is 9.59 Å². The smallest absolute Gasteiger partial charge is 0.356 e. The Hall–Kier alpha value is -5.02. The number of rotatable bonds is 15. The van der Waals surface area contributed by atoms with Crippen LogP contribution in [0.5, 0.6) is 0 Å². The summed E-state index contributed by atoms with van der Waals surface area (Å²) >= 11 is 0. The van der Waals surface area contributed by atoms with Gasteiger partial charge in [-0.3, -0.25) is 9.59 Å². The summed E-state index contributed by atoms with van der Waals surface area (Å²) in [5.41, 5.74) is 1.14. The summed E-state index contributed by atoms with van der Waals surface area (Å²) in [5.74, 6) is -1.87. The maximum absolute atomic E-state index is 14.9. The van der Waals surface area contributed by atoms with E-state index in [9.17, 15) is 19.2 Å². The minimum atomic E-state index is -3.17. The maximum atomic E-state index is 14.9. The lowest BCUT2D eigenvalue weighted by Crippen LogP contribution is -2.69. The summed E-state index contributed by atoms with van der Waals surface area (Å²) in [7, 11) is -2.14. The topological polar surface area (TPSA) is 114 Å². The molecule has 0 spiro atoms. The number of anilines is 1. The molecule has 53 heavy (non-hydrogen) atoms. The van der Waals surface area contributed by atoms with E-state index in [-0.39, 0.29) is 36.2 Å². The van der Waals surface area contributed by atoms with E-state index in [1.165, 1.54) is 6.08 Å². The van der Waals surface area contributed by atoms with Crippen molar-refractivity contribution in [1.29, 1.82) is 0 Å². The molecule has 1 aliphatic heterocycles. The lowest BCUT2D eigenvalue weighted by atomic mass is 9.79. The van der Waals surface area contributed by atoms with E-state index in [2.05, 4.69) is 36.9 Å². The average Bonchev–Trinajstić information content (AvgIpc) is 3.14. The van der Waals surface area contributed by atoms with Crippen molar-refractivity contribution in [3.8, 4) is 0 Å². The van der Waals surface area contributed by atoms with Gasteiger partial charge in [0.1, 0.15) is 12.0 Å². The number of Topliss-reactive ketones (excluding diaryl/α,β-unsaturated/α-hetero) is 1. The van der Waals surface area contributed by atoms with Crippen molar-refractivity contribution in [3.63, 3.8) is 0 Å². The highest BCUT2D eigenvalue weighted by Crippen LogP contribution is 2.50. The van der Waals surface area contributed by atoms with Crippen LogP contribution in [-0.4, -0.2) is 67.6 Å². The Bertz CT molecular complexity index is 1880. The van der Waals surface area contributed by atoms with Gasteiger partial charge in [-0.05, 0) is 73.7 Å². The van der Waals surface area contributed by atoms with E-state index in [0.717, 1.165) is 15.9 Å². The molecule has 3 amide bonds. The van der Waals surface area contributed by atoms with Crippen molar-refractivity contribution in [2.24, 2.45) is 5.92 Å². The molecule has 1 aliphatic rings. The number of hydrogen-bond donors (Lipinski definition) is 2. The Balaban J connectivity index is 1.75. The van der Waals surface area contributed by atoms with Gasteiger partial charge in [0.15, 0.2) is 14.1 Å². The third-order valence-electron chi connectivity index (χ3n) is 9.00. The number of benzene rings is 4. The van der Waals surface area contributed by atoms with E-state index in [4.69, 9.17) is 9.16 Å². The third-order valence-corrected chi connectivity index (χ3v) is 14.3. The van der Waals surface area contributed by atoms with Crippen LogP contribution in [0.4, 0.5) is 10.5 Å². The normalized spacial score (nSPS) is 16.2. The highest BCUT2D eigenvalue weighted by Gasteiger charge is 2.56. The number of β-lactam (4-membered cyclic amide) rings is 1. The molecule has 276 valence electrons. The molecule has 0 unspecified atom stereocenters. The van der Waals surface area contributed by atoms with Crippen LogP contribution in [0, 0.1) is 5.92 Å². The molecule has 0 bridgehead atoms. The monoisotopic (exact) mass is 749 g/mol. The molecule has 9 nitrogen and oxygen atoms in total. The van der Waals surface area contributed by atoms with Gasteiger partial charge in [0.2, 0.25) is 5.91 Å². The van der Waals surface area contributed by atoms with E-state index >= 15 is 0 Å². The molecule has 1 heterocycles. The molecule has 1 saturated heterocycles. The molecule has 5 rings (SSSR count). The zero-order chi connectivity index (χ0) is 38.2. The Labute approximate surface area is 313 Å². The number of esters is 1. The number of nitrogens with zero attached hydrogens (tertiary/aromatic N) is 1. The van der Waals surface area contributed by atoms with Crippen LogP contribution >= 0.6 is 6.89 Å². The van der Waals surface area contributed by atoms with Crippen LogP contribution in [0.2, 0.25) is 19.6 Å². The molecule has 0 saturated carbocycles. The predicted octanol–water partition coefficient (Wildman–Crippen LogP) is 6.32. The second-order valence-electron chi connectivity index (χ2n) is 13.8. The summed E-state index contributed by atoms with van der Waals surface area (Å²) in [5, 5.41) is 8.00. The fourth-order valence-electron chi connectivity index (χ4n) is 6.94. The van der Waals surface area contributed by atoms with Gasteiger partial charge in [0, 0.05) is 31.1 Å². The van der Waals surface area contributed by atoms with Gasteiger partial charge >= 0.3 is 12.0 Å². The Morgan fingerprint density at radius 2 is 1.36 bits per heavy atom. The summed E-state index contributed by atoms with van der Waals surface area (Å²) in [6.45, 7) is 10.9. The van der Waals surface area contributed by atoms with Crippen molar-refractivity contribution < 1.29 is 28.3 Å². The number of nitrogens with one attached hydrogen (secondary N) is 2. The van der Waals surface area contributed by atoms with Crippen molar-refractivity contribution in [3.05, 3.63) is 133 Å². The average molecular weight is 750 g/mol. The summed E-state index contributed by atoms with van der Waals surface area (Å²) in [4.78, 5) is 57.5. The standard InChI is InChI=1S/C42H48N3O6PSi/c1-7-28-50-41(48)40(52(33-18-12-9-13-19-33,34-20-14-10-15-21-34)35-22-16-11-17-23-35)45-36(38(39(45)47)30(3)51-53(4,5)6)29-37(46)31-24-26-32(27-25-31)44-42(49)43-8-2/h7,9-27,30,36,38H,1,8,28-29H2,2-6H3,(H2,43,44,49)/t30-,36-,38-/m1/s1. The first-order valence-electron chi connectivity index (χ1n) is 17.8. The van der Waals surface area contributed by atoms with Crippen molar-refractivity contribution in [1.82, 2.24) is 10.2 Å². The van der Waals surface area contributed by atoms with Crippen molar-refractivity contribution in [2.75, 3.05) is 18.5 Å². The van der Waals surface area contributed by atoms with Crippen LogP contribution < -0.4 is 26.5 Å². The van der Waals surface area contributed by atoms with Crippen LogP contribution in [0.25, 0.3) is 0 Å². The molecular weight excluding hydrogens is 702 g/mol. The molecule has 3 atom stereocenters. The lowest BCUT2D eigenvalue weighted by Gasteiger charge is -2.52. The number of amides is 3. The van der Waals surface area contributed by atoms with Crippen LogP contribution in [0.1, 0.15) is 30.6 Å². The number of likely N-dealkylation sites (tertiary alicyclic amines) is 1. The highest BCUT2D eigenvalue weighted by atomic mass is 31.2. The largest absolute Gasteiger partial charge is 0.457 e. The second-order valence-corrected chi connectivity index (χ2v) is 21.6. The van der Waals surface area contributed by atoms with Crippen LogP contribution in [0.15, 0.2) is 128 Å². The molecule has 0 aromatic heterocycles. The first-order chi connectivity index (χ1) is 25.4. The van der Waals surface area contributed by atoms with Gasteiger partial charge in [0.05, 0.1) is 18.1 Å². The zero-order valence-corrected chi connectivity index (χ0v) is 32.8. The van der Waals surface area contributed by atoms with E-state index in [1.54, 1.807) is 29.2 Å². The fourth-order valence-corrected chi connectivity index (χ4v) is 12.6. The maximum Gasteiger partial charge on any atom is 0.356 e. The number of ether oxygens (including phenoxy) is 1. The summed E-state index contributed by atoms with van der Waals surface area (Å²) < 4.78 is 12.4. The Kier molecular flexibility index (Phi) is 12.7. The summed E-state index contributed by atoms with van der Waals surface area (Å²) in [6, 6.07) is 34.9. The lowest BCUT2D eigenvalue weighted by molar-refractivity contribution is -0.156. The number of ketones is 1. The second kappa shape index (κ2) is 17.2. The quantitative estimate of drug-likeness (QED) is 0.0368. The van der Waals surface area contributed by atoms with Crippen molar-refractivity contribution >= 4 is 65.9 Å². The van der Waals surface area contributed by atoms with E-state index in [1.807, 2.05) is 105 Å². The van der Waals surface area contributed by atoms with Gasteiger partial charge in [-0.15, -0.1) is 0 Å². The predicted molar refractivity (Wildman–Crippen MR) is 217 cm³/mol. The Morgan fingerprint density at radius 3 is 1.81 bits per heavy atom. The van der Waals surface area contributed by atoms with Crippen LogP contribution in [-0.2, 0) is 18.8 Å². The Morgan fingerprint density at radius 1 is 0.849 bits per heavy atom. The van der Waals surface area contributed by atoms with Gasteiger partial charge in [-0.1, -0.05) is 104 Å². The molecule has 2 N–H and O–H groups in total. The van der Waals surface area contributed by atoms with Gasteiger partial charge in [-0.2, -0.15) is 0 Å². The van der Waals surface area contributed by atoms with Crippen molar-refractivity contribution in [2.45, 2.75) is 52.1 Å². The molecule has 4 aromatic carbocycles. The fraction of sp³-hybridized carbons (Fsp3) is 0.262. The SMILES string of the molecule is C=CCOC(=O)C(N1C(=O)[C@H]([C@@H](C)O[Si](C)(C)C)[C@H]1CC(=O)c1ccc(NC(=O)NCC)cc1)=P(c1ccccc1)(c1ccccc1)c1ccccc1. The zero-order valence-electron chi connectivity index (χ0n) is 31.0. The van der Waals surface area contributed by atoms with E-state index < -0.39 is 39.2 Å². The summed E-state index contributed by atoms with van der Waals surface area (Å²) in [6.07, 6.45) is 0.907. The number of urea groups is 1. The molecule has 0 radical (unpaired) electrons. The number of carbonyl (C=O) groups excluding carboxylic acids is 4. The minimum Gasteiger partial charge on any atom is -0.457 e. The van der Waals surface area contributed by atoms with E-state index in [0.29, 0.717) is 17.8 Å². The first-order valence-corrected chi connectivity index (χ1v) is 23.0. The first kappa shape index (κ1) is 39.2. The third kappa shape index (κ3) is 8.62. The minimum absolute atomic E-state index is 0.0679. The van der Waals surface area contributed by atoms with Gasteiger partial charge < -0.3 is 24.7 Å². The molecule has 1 fully saturated rings. The molecule has 4 aromatic rings.